The van der Waals surface area contributed by atoms with Gasteiger partial charge < -0.3 is 9.47 Å². The smallest absolute Gasteiger partial charge is 0.147 e. The van der Waals surface area contributed by atoms with E-state index in [0.29, 0.717) is 5.52 Å². The normalized spacial score (nSPS) is 11.7. The Morgan fingerprint density at radius 2 is 1.00 bits per heavy atom. The quantitative estimate of drug-likeness (QED) is 0.165. The molecule has 9 aromatic carbocycles. The van der Waals surface area contributed by atoms with Crippen LogP contribution in [0, 0.1) is 5.82 Å². The van der Waals surface area contributed by atoms with Crippen LogP contribution in [0.25, 0.3) is 80.7 Å². The van der Waals surface area contributed by atoms with E-state index in [2.05, 4.69) is 173 Å². The van der Waals surface area contributed by atoms with Gasteiger partial charge in [0.1, 0.15) is 5.82 Å². The maximum absolute atomic E-state index is 16.0. The molecular weight excluding hydrogens is 704 g/mol. The number of fused-ring (bicyclic) bond motifs is 7. The molecule has 0 radical (unpaired) electrons. The molecule has 0 saturated heterocycles. The maximum atomic E-state index is 16.0. The van der Waals surface area contributed by atoms with Crippen LogP contribution in [-0.4, -0.2) is 4.57 Å². The van der Waals surface area contributed by atoms with Gasteiger partial charge in [-0.1, -0.05) is 146 Å². The minimum atomic E-state index is -0.251. The molecule has 0 spiro atoms. The van der Waals surface area contributed by atoms with Crippen LogP contribution in [0.3, 0.4) is 0 Å². The highest BCUT2D eigenvalue weighted by Gasteiger charge is 2.22. The van der Waals surface area contributed by atoms with E-state index >= 15 is 4.39 Å². The minimum Gasteiger partial charge on any atom is -0.308 e. The van der Waals surface area contributed by atoms with Gasteiger partial charge in [0.15, 0.2) is 0 Å². The summed E-state index contributed by atoms with van der Waals surface area (Å²) in [6, 6.07) is 69.9. The number of aromatic nitrogens is 1. The molecule has 0 atom stereocenters. The summed E-state index contributed by atoms with van der Waals surface area (Å²) in [6.07, 6.45) is 0. The van der Waals surface area contributed by atoms with Crippen molar-refractivity contribution in [3.63, 3.8) is 0 Å². The van der Waals surface area contributed by atoms with E-state index in [1.807, 2.05) is 35.6 Å². The third kappa shape index (κ3) is 5.14. The molecule has 2 aromatic heterocycles. The van der Waals surface area contributed by atoms with Gasteiger partial charge in [0.05, 0.1) is 22.4 Å². The van der Waals surface area contributed by atoms with E-state index in [1.165, 1.54) is 42.1 Å². The number of hydrogen-bond donors (Lipinski definition) is 0. The summed E-state index contributed by atoms with van der Waals surface area (Å²) in [5.41, 5.74) is 10.1. The topological polar surface area (TPSA) is 8.17 Å². The highest BCUT2D eigenvalue weighted by Crippen LogP contribution is 2.44. The first-order chi connectivity index (χ1) is 27.7. The zero-order valence-corrected chi connectivity index (χ0v) is 31.0. The number of halogens is 1. The SMILES string of the molecule is Fc1cccc2c3ccccc3n(-c3ccccc3N(c3ccc(-c4cccc5ccccc45)cc3)c3ccc(-c4cccc5c4sc4ccccc45)cc3)c12. The zero-order chi connectivity index (χ0) is 37.2. The number of hydrogen-bond acceptors (Lipinski definition) is 2. The maximum Gasteiger partial charge on any atom is 0.147 e. The molecule has 0 saturated carbocycles. The Labute approximate surface area is 327 Å². The lowest BCUT2D eigenvalue weighted by atomic mass is 9.98. The van der Waals surface area contributed by atoms with Crippen molar-refractivity contribution < 1.29 is 4.39 Å². The van der Waals surface area contributed by atoms with Crippen LogP contribution < -0.4 is 4.90 Å². The Morgan fingerprint density at radius 3 is 1.82 bits per heavy atom. The predicted octanol–water partition coefficient (Wildman–Crippen LogP) is 15.2. The van der Waals surface area contributed by atoms with E-state index in [-0.39, 0.29) is 5.82 Å². The number of thiophene rings is 1. The fraction of sp³-hybridized carbons (Fsp3) is 0. The van der Waals surface area contributed by atoms with Crippen LogP contribution in [0.4, 0.5) is 21.5 Å². The van der Waals surface area contributed by atoms with Crippen LogP contribution in [-0.2, 0) is 0 Å². The van der Waals surface area contributed by atoms with Gasteiger partial charge in [0.25, 0.3) is 0 Å². The molecule has 0 aliphatic rings. The number of rotatable bonds is 6. The van der Waals surface area contributed by atoms with E-state index in [1.54, 1.807) is 12.1 Å². The van der Waals surface area contributed by atoms with E-state index in [0.717, 1.165) is 50.2 Å². The Hall–Kier alpha value is -7.01. The zero-order valence-electron chi connectivity index (χ0n) is 30.2. The highest BCUT2D eigenvalue weighted by atomic mass is 32.1. The Kier molecular flexibility index (Phi) is 7.58. The molecule has 56 heavy (non-hydrogen) atoms. The van der Waals surface area contributed by atoms with Gasteiger partial charge in [-0.05, 0) is 87.6 Å². The first-order valence-electron chi connectivity index (χ1n) is 18.9. The second-order valence-corrected chi connectivity index (χ2v) is 15.3. The number of anilines is 3. The van der Waals surface area contributed by atoms with Crippen molar-refractivity contribution >= 4 is 81.1 Å². The molecule has 0 bridgehead atoms. The van der Waals surface area contributed by atoms with Crippen molar-refractivity contribution in [2.45, 2.75) is 0 Å². The lowest BCUT2D eigenvalue weighted by Crippen LogP contribution is -2.13. The Balaban J connectivity index is 1.10. The van der Waals surface area contributed by atoms with Gasteiger partial charge in [0.2, 0.25) is 0 Å². The summed E-state index contributed by atoms with van der Waals surface area (Å²) < 4.78 is 20.7. The van der Waals surface area contributed by atoms with Crippen LogP contribution in [0.15, 0.2) is 200 Å². The second kappa shape index (κ2) is 13.1. The molecule has 0 unspecified atom stereocenters. The molecule has 11 aromatic rings. The van der Waals surface area contributed by atoms with Gasteiger partial charge in [-0.2, -0.15) is 0 Å². The molecule has 0 aliphatic heterocycles. The molecule has 4 heteroatoms. The molecule has 2 heterocycles. The molecular formula is C52H33FN2S. The van der Waals surface area contributed by atoms with Crippen molar-refractivity contribution in [2.75, 3.05) is 4.90 Å². The van der Waals surface area contributed by atoms with Crippen molar-refractivity contribution in [3.8, 4) is 27.9 Å². The van der Waals surface area contributed by atoms with Gasteiger partial charge >= 0.3 is 0 Å². The number of para-hydroxylation sites is 4. The van der Waals surface area contributed by atoms with Crippen molar-refractivity contribution in [1.82, 2.24) is 4.57 Å². The molecule has 264 valence electrons. The van der Waals surface area contributed by atoms with E-state index < -0.39 is 0 Å². The second-order valence-electron chi connectivity index (χ2n) is 14.2. The lowest BCUT2D eigenvalue weighted by Gasteiger charge is -2.28. The molecule has 0 fully saturated rings. The van der Waals surface area contributed by atoms with Crippen LogP contribution in [0.1, 0.15) is 0 Å². The first kappa shape index (κ1) is 32.4. The third-order valence-electron chi connectivity index (χ3n) is 11.1. The highest BCUT2D eigenvalue weighted by molar-refractivity contribution is 7.26. The summed E-state index contributed by atoms with van der Waals surface area (Å²) in [5, 5.41) is 6.93. The predicted molar refractivity (Wildman–Crippen MR) is 237 cm³/mol. The summed E-state index contributed by atoms with van der Waals surface area (Å²) in [4.78, 5) is 2.30. The molecule has 0 N–H and O–H groups in total. The number of nitrogens with zero attached hydrogens (tertiary/aromatic N) is 2. The average molecular weight is 737 g/mol. The summed E-state index contributed by atoms with van der Waals surface area (Å²) in [5.74, 6) is -0.251. The van der Waals surface area contributed by atoms with Crippen molar-refractivity contribution in [3.05, 3.63) is 206 Å². The average Bonchev–Trinajstić information content (AvgIpc) is 3.81. The summed E-state index contributed by atoms with van der Waals surface area (Å²) >= 11 is 1.85. The van der Waals surface area contributed by atoms with Crippen LogP contribution in [0.2, 0.25) is 0 Å². The fourth-order valence-electron chi connectivity index (χ4n) is 8.53. The lowest BCUT2D eigenvalue weighted by molar-refractivity contribution is 0.635. The van der Waals surface area contributed by atoms with Crippen LogP contribution >= 0.6 is 11.3 Å². The Morgan fingerprint density at radius 1 is 0.429 bits per heavy atom. The molecule has 0 amide bonds. The fourth-order valence-corrected chi connectivity index (χ4v) is 9.77. The monoisotopic (exact) mass is 736 g/mol. The molecule has 0 aliphatic carbocycles. The molecule has 2 nitrogen and oxygen atoms in total. The van der Waals surface area contributed by atoms with Gasteiger partial charge in [-0.25, -0.2) is 4.39 Å². The van der Waals surface area contributed by atoms with Crippen LogP contribution in [0.5, 0.6) is 0 Å². The van der Waals surface area contributed by atoms with Crippen molar-refractivity contribution in [1.29, 1.82) is 0 Å². The minimum absolute atomic E-state index is 0.251. The van der Waals surface area contributed by atoms with Crippen molar-refractivity contribution in [2.24, 2.45) is 0 Å². The molecule has 11 rings (SSSR count). The van der Waals surface area contributed by atoms with Gasteiger partial charge in [-0.3, -0.25) is 0 Å². The largest absolute Gasteiger partial charge is 0.308 e. The van der Waals surface area contributed by atoms with Gasteiger partial charge in [0, 0.05) is 42.3 Å². The van der Waals surface area contributed by atoms with Gasteiger partial charge in [-0.15, -0.1) is 11.3 Å². The third-order valence-corrected chi connectivity index (χ3v) is 12.3. The van der Waals surface area contributed by atoms with E-state index in [4.69, 9.17) is 0 Å². The summed E-state index contributed by atoms with van der Waals surface area (Å²) in [7, 11) is 0. The standard InChI is InChI=1S/C52H33FN2S/c53-46-21-11-19-44-42-15-3-5-22-47(42)55(51(44)46)49-24-7-6-23-48(49)54(37-30-26-35(27-31-37)40-17-9-13-34-12-1-2-14-39(34)40)38-32-28-36(29-33-38)41-18-10-20-45-43-16-4-8-25-50(43)56-52(41)45/h1-33H. The number of benzene rings is 9. The Bertz CT molecular complexity index is 3260. The summed E-state index contributed by atoms with van der Waals surface area (Å²) in [6.45, 7) is 0. The first-order valence-corrected chi connectivity index (χ1v) is 19.7. The van der Waals surface area contributed by atoms with E-state index in [9.17, 15) is 0 Å².